The van der Waals surface area contributed by atoms with Crippen molar-refractivity contribution in [2.75, 3.05) is 45.9 Å². The lowest BCUT2D eigenvalue weighted by Gasteiger charge is -2.16. The first-order chi connectivity index (χ1) is 8.74. The van der Waals surface area contributed by atoms with Crippen LogP contribution < -0.4 is 5.32 Å². The highest BCUT2D eigenvalue weighted by atomic mass is 16.5. The van der Waals surface area contributed by atoms with Gasteiger partial charge in [0.05, 0.1) is 6.61 Å². The van der Waals surface area contributed by atoms with Crippen LogP contribution in [0.1, 0.15) is 33.1 Å². The fourth-order valence-corrected chi connectivity index (χ4v) is 2.59. The molecule has 0 bridgehead atoms. The zero-order valence-corrected chi connectivity index (χ0v) is 12.2. The van der Waals surface area contributed by atoms with Crippen molar-refractivity contribution in [3.05, 3.63) is 0 Å². The quantitative estimate of drug-likeness (QED) is 0.637. The van der Waals surface area contributed by atoms with Crippen LogP contribution >= 0.6 is 0 Å². The molecule has 0 spiro atoms. The molecule has 2 aliphatic rings. The summed E-state index contributed by atoms with van der Waals surface area (Å²) in [6.45, 7) is 12.5. The van der Waals surface area contributed by atoms with Gasteiger partial charge in [-0.3, -0.25) is 0 Å². The Morgan fingerprint density at radius 1 is 1.22 bits per heavy atom. The lowest BCUT2D eigenvalue weighted by atomic mass is 10.1. The molecule has 0 aromatic carbocycles. The molecular weight excluding hydrogens is 224 g/mol. The average molecular weight is 254 g/mol. The summed E-state index contributed by atoms with van der Waals surface area (Å²) in [5, 5.41) is 3.58. The number of hydrogen-bond acceptors (Lipinski definition) is 3. The number of nitrogens with zero attached hydrogens (tertiary/aromatic N) is 1. The molecule has 0 radical (unpaired) electrons. The largest absolute Gasteiger partial charge is 0.380 e. The Labute approximate surface area is 112 Å². The fraction of sp³-hybridized carbons (Fsp3) is 1.00. The van der Waals surface area contributed by atoms with Gasteiger partial charge in [-0.2, -0.15) is 0 Å². The smallest absolute Gasteiger partial charge is 0.0593 e. The molecule has 3 nitrogen and oxygen atoms in total. The molecule has 106 valence electrons. The highest BCUT2D eigenvalue weighted by Crippen LogP contribution is 2.28. The van der Waals surface area contributed by atoms with Crippen molar-refractivity contribution >= 4 is 0 Å². The highest BCUT2D eigenvalue weighted by Gasteiger charge is 2.23. The van der Waals surface area contributed by atoms with E-state index in [0.717, 1.165) is 44.1 Å². The third-order valence-electron chi connectivity index (χ3n) is 3.96. The number of hydrogen-bond donors (Lipinski definition) is 1. The zero-order valence-electron chi connectivity index (χ0n) is 12.2. The summed E-state index contributed by atoms with van der Waals surface area (Å²) in [6, 6.07) is 0. The number of ether oxygens (including phenoxy) is 1. The Bertz CT molecular complexity index is 229. The first-order valence-electron chi connectivity index (χ1n) is 7.75. The summed E-state index contributed by atoms with van der Waals surface area (Å²) < 4.78 is 5.71. The molecular formula is C15H30N2O. The molecule has 1 unspecified atom stereocenters. The molecule has 1 N–H and O–H groups in total. The van der Waals surface area contributed by atoms with Crippen LogP contribution in [0, 0.1) is 17.8 Å². The minimum atomic E-state index is 0.762. The molecule has 18 heavy (non-hydrogen) atoms. The average Bonchev–Trinajstić information content (AvgIpc) is 3.04. The van der Waals surface area contributed by atoms with Gasteiger partial charge in [0.2, 0.25) is 0 Å². The fourth-order valence-electron chi connectivity index (χ4n) is 2.59. The Kier molecular flexibility index (Phi) is 5.93. The van der Waals surface area contributed by atoms with Gasteiger partial charge in [0, 0.05) is 19.7 Å². The molecule has 0 aromatic rings. The summed E-state index contributed by atoms with van der Waals surface area (Å²) >= 11 is 0. The summed E-state index contributed by atoms with van der Waals surface area (Å²) in [7, 11) is 0. The lowest BCUT2D eigenvalue weighted by Crippen LogP contribution is -2.30. The van der Waals surface area contributed by atoms with E-state index in [1.807, 2.05) is 0 Å². The summed E-state index contributed by atoms with van der Waals surface area (Å²) in [5.41, 5.74) is 0. The van der Waals surface area contributed by atoms with Crippen molar-refractivity contribution in [2.45, 2.75) is 33.1 Å². The van der Waals surface area contributed by atoms with Crippen LogP contribution in [0.3, 0.4) is 0 Å². The van der Waals surface area contributed by atoms with Crippen molar-refractivity contribution < 1.29 is 4.74 Å². The normalized spacial score (nSPS) is 25.2. The van der Waals surface area contributed by atoms with E-state index in [9.17, 15) is 0 Å². The van der Waals surface area contributed by atoms with E-state index in [4.69, 9.17) is 4.74 Å². The SMILES string of the molecule is CC(C)CNCC1CCN(CCOCC2CC2)C1. The molecule has 1 saturated heterocycles. The van der Waals surface area contributed by atoms with Crippen LogP contribution in [0.15, 0.2) is 0 Å². The molecule has 1 aliphatic heterocycles. The van der Waals surface area contributed by atoms with E-state index in [1.165, 1.54) is 38.9 Å². The van der Waals surface area contributed by atoms with Crippen molar-refractivity contribution in [3.8, 4) is 0 Å². The molecule has 2 fully saturated rings. The zero-order chi connectivity index (χ0) is 12.8. The second-order valence-corrected chi connectivity index (χ2v) is 6.53. The number of likely N-dealkylation sites (tertiary alicyclic amines) is 1. The van der Waals surface area contributed by atoms with Gasteiger partial charge < -0.3 is 15.0 Å². The Morgan fingerprint density at radius 3 is 2.78 bits per heavy atom. The maximum atomic E-state index is 5.71. The summed E-state index contributed by atoms with van der Waals surface area (Å²) in [5.74, 6) is 2.52. The topological polar surface area (TPSA) is 24.5 Å². The molecule has 1 saturated carbocycles. The van der Waals surface area contributed by atoms with Gasteiger partial charge in [0.15, 0.2) is 0 Å². The van der Waals surface area contributed by atoms with E-state index >= 15 is 0 Å². The van der Waals surface area contributed by atoms with Crippen molar-refractivity contribution in [2.24, 2.45) is 17.8 Å². The number of rotatable bonds is 9. The molecule has 0 aromatic heterocycles. The summed E-state index contributed by atoms with van der Waals surface area (Å²) in [6.07, 6.45) is 4.15. The van der Waals surface area contributed by atoms with Gasteiger partial charge in [-0.05, 0) is 56.7 Å². The second-order valence-electron chi connectivity index (χ2n) is 6.53. The Balaban J connectivity index is 1.45. The van der Waals surface area contributed by atoms with Crippen molar-refractivity contribution in [3.63, 3.8) is 0 Å². The van der Waals surface area contributed by atoms with Gasteiger partial charge in [-0.15, -0.1) is 0 Å². The van der Waals surface area contributed by atoms with Crippen LogP contribution in [0.4, 0.5) is 0 Å². The highest BCUT2D eigenvalue weighted by molar-refractivity contribution is 4.77. The van der Waals surface area contributed by atoms with Crippen LogP contribution in [0.5, 0.6) is 0 Å². The predicted molar refractivity (Wildman–Crippen MR) is 75.8 cm³/mol. The van der Waals surface area contributed by atoms with Gasteiger partial charge >= 0.3 is 0 Å². The van der Waals surface area contributed by atoms with Crippen LogP contribution in [0.25, 0.3) is 0 Å². The second kappa shape index (κ2) is 7.46. The van der Waals surface area contributed by atoms with E-state index in [0.29, 0.717) is 0 Å². The third kappa shape index (κ3) is 5.68. The van der Waals surface area contributed by atoms with Gasteiger partial charge in [-0.25, -0.2) is 0 Å². The Morgan fingerprint density at radius 2 is 2.06 bits per heavy atom. The number of nitrogens with one attached hydrogen (secondary N) is 1. The van der Waals surface area contributed by atoms with Crippen LogP contribution in [-0.4, -0.2) is 50.8 Å². The van der Waals surface area contributed by atoms with E-state index in [-0.39, 0.29) is 0 Å². The molecule has 1 heterocycles. The van der Waals surface area contributed by atoms with E-state index in [2.05, 4.69) is 24.1 Å². The monoisotopic (exact) mass is 254 g/mol. The maximum Gasteiger partial charge on any atom is 0.0593 e. The standard InChI is InChI=1S/C15H30N2O/c1-13(2)9-16-10-15-5-6-17(11-15)7-8-18-12-14-3-4-14/h13-16H,3-12H2,1-2H3. The van der Waals surface area contributed by atoms with Crippen molar-refractivity contribution in [1.82, 2.24) is 10.2 Å². The van der Waals surface area contributed by atoms with E-state index in [1.54, 1.807) is 0 Å². The van der Waals surface area contributed by atoms with Crippen molar-refractivity contribution in [1.29, 1.82) is 0 Å². The predicted octanol–water partition coefficient (Wildman–Crippen LogP) is 1.98. The molecule has 3 heteroatoms. The third-order valence-corrected chi connectivity index (χ3v) is 3.96. The van der Waals surface area contributed by atoms with Gasteiger partial charge in [0.25, 0.3) is 0 Å². The van der Waals surface area contributed by atoms with E-state index < -0.39 is 0 Å². The molecule has 1 atom stereocenters. The van der Waals surface area contributed by atoms with Crippen LogP contribution in [-0.2, 0) is 4.74 Å². The molecule has 2 rings (SSSR count). The van der Waals surface area contributed by atoms with Gasteiger partial charge in [0.1, 0.15) is 0 Å². The molecule has 0 amide bonds. The minimum Gasteiger partial charge on any atom is -0.380 e. The summed E-state index contributed by atoms with van der Waals surface area (Å²) in [4.78, 5) is 2.56. The van der Waals surface area contributed by atoms with Crippen LogP contribution in [0.2, 0.25) is 0 Å². The minimum absolute atomic E-state index is 0.762. The first kappa shape index (κ1) is 14.3. The molecule has 1 aliphatic carbocycles. The Hall–Kier alpha value is -0.120. The maximum absolute atomic E-state index is 5.71. The first-order valence-corrected chi connectivity index (χ1v) is 7.75. The van der Waals surface area contributed by atoms with Gasteiger partial charge in [-0.1, -0.05) is 13.8 Å². The lowest BCUT2D eigenvalue weighted by molar-refractivity contribution is 0.102.